The lowest BCUT2D eigenvalue weighted by molar-refractivity contribution is 0.770. The van der Waals surface area contributed by atoms with Gasteiger partial charge in [-0.15, -0.1) is 0 Å². The Labute approximate surface area is 96.4 Å². The van der Waals surface area contributed by atoms with Gasteiger partial charge in [0.2, 0.25) is 0 Å². The van der Waals surface area contributed by atoms with E-state index in [0.717, 1.165) is 23.2 Å². The summed E-state index contributed by atoms with van der Waals surface area (Å²) < 4.78 is 1.00. The standard InChI is InChI=1S/C11H12BrN3/c12-11-10-8(7-4-5-13-6-7)2-1-3-9(10)14-15-11/h1-3,7,13H,4-6H2,(H,14,15). The quantitative estimate of drug-likeness (QED) is 0.832. The summed E-state index contributed by atoms with van der Waals surface area (Å²) in [5, 5.41) is 11.9. The highest BCUT2D eigenvalue weighted by molar-refractivity contribution is 9.10. The van der Waals surface area contributed by atoms with E-state index in [9.17, 15) is 0 Å². The second kappa shape index (κ2) is 3.61. The summed E-state index contributed by atoms with van der Waals surface area (Å²) in [7, 11) is 0. The molecule has 2 heterocycles. The molecule has 1 aliphatic heterocycles. The third-order valence-electron chi connectivity index (χ3n) is 3.07. The lowest BCUT2D eigenvalue weighted by atomic mass is 9.95. The fourth-order valence-electron chi connectivity index (χ4n) is 2.32. The molecule has 1 atom stereocenters. The summed E-state index contributed by atoms with van der Waals surface area (Å²) in [5.41, 5.74) is 2.45. The van der Waals surface area contributed by atoms with Gasteiger partial charge in [0.1, 0.15) is 4.60 Å². The molecule has 2 aromatic rings. The summed E-state index contributed by atoms with van der Waals surface area (Å²) in [5.74, 6) is 0.627. The smallest absolute Gasteiger partial charge is 0.109 e. The molecule has 0 radical (unpaired) electrons. The number of hydrogen-bond acceptors (Lipinski definition) is 2. The second-order valence-electron chi connectivity index (χ2n) is 3.97. The lowest BCUT2D eigenvalue weighted by Gasteiger charge is -2.09. The highest BCUT2D eigenvalue weighted by atomic mass is 79.9. The second-order valence-corrected chi connectivity index (χ2v) is 4.76. The first-order valence-electron chi connectivity index (χ1n) is 5.19. The number of fused-ring (bicyclic) bond motifs is 1. The van der Waals surface area contributed by atoms with E-state index in [1.807, 2.05) is 6.07 Å². The van der Waals surface area contributed by atoms with E-state index < -0.39 is 0 Å². The molecule has 0 amide bonds. The van der Waals surface area contributed by atoms with Crippen molar-refractivity contribution in [2.75, 3.05) is 13.1 Å². The van der Waals surface area contributed by atoms with Crippen LogP contribution < -0.4 is 5.32 Å². The molecule has 78 valence electrons. The molecular weight excluding hydrogens is 254 g/mol. The first kappa shape index (κ1) is 9.36. The molecule has 3 nitrogen and oxygen atoms in total. The first-order valence-corrected chi connectivity index (χ1v) is 5.99. The fourth-order valence-corrected chi connectivity index (χ4v) is 2.84. The van der Waals surface area contributed by atoms with Crippen LogP contribution in [0, 0.1) is 0 Å². The number of benzene rings is 1. The Kier molecular flexibility index (Phi) is 2.25. The zero-order valence-corrected chi connectivity index (χ0v) is 9.84. The Hall–Kier alpha value is -0.870. The Morgan fingerprint density at radius 3 is 3.13 bits per heavy atom. The van der Waals surface area contributed by atoms with Crippen molar-refractivity contribution in [2.24, 2.45) is 0 Å². The van der Waals surface area contributed by atoms with Gasteiger partial charge in [-0.05, 0) is 46.4 Å². The molecule has 15 heavy (non-hydrogen) atoms. The summed E-state index contributed by atoms with van der Waals surface area (Å²) in [6.45, 7) is 2.20. The topological polar surface area (TPSA) is 40.7 Å². The van der Waals surface area contributed by atoms with Crippen LogP contribution in [0.25, 0.3) is 10.9 Å². The van der Waals surface area contributed by atoms with Gasteiger partial charge in [-0.3, -0.25) is 5.10 Å². The molecule has 1 aromatic carbocycles. The van der Waals surface area contributed by atoms with E-state index in [4.69, 9.17) is 0 Å². The van der Waals surface area contributed by atoms with Gasteiger partial charge in [0.25, 0.3) is 0 Å². The van der Waals surface area contributed by atoms with Gasteiger partial charge in [0, 0.05) is 11.9 Å². The van der Waals surface area contributed by atoms with Gasteiger partial charge in [-0.2, -0.15) is 5.10 Å². The predicted molar refractivity (Wildman–Crippen MR) is 64.0 cm³/mol. The Morgan fingerprint density at radius 1 is 1.40 bits per heavy atom. The summed E-state index contributed by atoms with van der Waals surface area (Å²) in [6, 6.07) is 6.34. The van der Waals surface area contributed by atoms with Crippen LogP contribution in [0.4, 0.5) is 0 Å². The molecule has 3 rings (SSSR count). The van der Waals surface area contributed by atoms with Crippen LogP contribution in [0.15, 0.2) is 22.8 Å². The average Bonchev–Trinajstić information content (AvgIpc) is 2.88. The zero-order chi connectivity index (χ0) is 10.3. The van der Waals surface area contributed by atoms with E-state index >= 15 is 0 Å². The highest BCUT2D eigenvalue weighted by Gasteiger charge is 2.20. The number of nitrogens with zero attached hydrogens (tertiary/aromatic N) is 1. The molecule has 1 aromatic heterocycles. The fraction of sp³-hybridized carbons (Fsp3) is 0.364. The minimum atomic E-state index is 0.627. The molecule has 0 saturated carbocycles. The number of H-pyrrole nitrogens is 1. The monoisotopic (exact) mass is 265 g/mol. The predicted octanol–water partition coefficient (Wildman–Crippen LogP) is 2.40. The molecule has 2 N–H and O–H groups in total. The van der Waals surface area contributed by atoms with Crippen molar-refractivity contribution in [3.63, 3.8) is 0 Å². The summed E-state index contributed by atoms with van der Waals surface area (Å²) in [4.78, 5) is 0. The summed E-state index contributed by atoms with van der Waals surface area (Å²) >= 11 is 3.53. The van der Waals surface area contributed by atoms with Gasteiger partial charge in [0.05, 0.1) is 5.52 Å². The highest BCUT2D eigenvalue weighted by Crippen LogP contribution is 2.32. The van der Waals surface area contributed by atoms with Crippen molar-refractivity contribution in [1.29, 1.82) is 0 Å². The van der Waals surface area contributed by atoms with Crippen molar-refractivity contribution < 1.29 is 0 Å². The minimum absolute atomic E-state index is 0.627. The van der Waals surface area contributed by atoms with Gasteiger partial charge in [-0.25, -0.2) is 0 Å². The number of aromatic nitrogens is 2. The van der Waals surface area contributed by atoms with E-state index in [-0.39, 0.29) is 0 Å². The molecule has 0 bridgehead atoms. The maximum Gasteiger partial charge on any atom is 0.109 e. The number of aromatic amines is 1. The van der Waals surface area contributed by atoms with Crippen LogP contribution in [0.5, 0.6) is 0 Å². The van der Waals surface area contributed by atoms with Crippen molar-refractivity contribution in [3.8, 4) is 0 Å². The maximum atomic E-state index is 4.26. The zero-order valence-electron chi connectivity index (χ0n) is 8.26. The van der Waals surface area contributed by atoms with Gasteiger partial charge in [0.15, 0.2) is 0 Å². The molecule has 0 spiro atoms. The van der Waals surface area contributed by atoms with Crippen LogP contribution in [0.3, 0.4) is 0 Å². The van der Waals surface area contributed by atoms with Crippen molar-refractivity contribution in [3.05, 3.63) is 28.4 Å². The lowest BCUT2D eigenvalue weighted by Crippen LogP contribution is -2.08. The molecule has 1 saturated heterocycles. The van der Waals surface area contributed by atoms with Crippen LogP contribution in [0.2, 0.25) is 0 Å². The van der Waals surface area contributed by atoms with Gasteiger partial charge in [-0.1, -0.05) is 12.1 Å². The average molecular weight is 266 g/mol. The van der Waals surface area contributed by atoms with E-state index in [2.05, 4.69) is 43.6 Å². The van der Waals surface area contributed by atoms with E-state index in [0.29, 0.717) is 5.92 Å². The molecule has 1 unspecified atom stereocenters. The van der Waals surface area contributed by atoms with Crippen LogP contribution >= 0.6 is 15.9 Å². The minimum Gasteiger partial charge on any atom is -0.316 e. The largest absolute Gasteiger partial charge is 0.316 e. The third kappa shape index (κ3) is 1.48. The van der Waals surface area contributed by atoms with Crippen molar-refractivity contribution in [2.45, 2.75) is 12.3 Å². The summed E-state index contributed by atoms with van der Waals surface area (Å²) in [6.07, 6.45) is 1.22. The number of rotatable bonds is 1. The van der Waals surface area contributed by atoms with Gasteiger partial charge < -0.3 is 5.32 Å². The first-order chi connectivity index (χ1) is 7.36. The Balaban J connectivity index is 2.19. The number of nitrogens with one attached hydrogen (secondary N) is 2. The van der Waals surface area contributed by atoms with E-state index in [1.54, 1.807) is 0 Å². The maximum absolute atomic E-state index is 4.26. The molecule has 0 aliphatic carbocycles. The molecular formula is C11H12BrN3. The van der Waals surface area contributed by atoms with Crippen LogP contribution in [0.1, 0.15) is 17.9 Å². The number of hydrogen-bond donors (Lipinski definition) is 2. The number of halogens is 1. The van der Waals surface area contributed by atoms with Crippen molar-refractivity contribution in [1.82, 2.24) is 15.5 Å². The van der Waals surface area contributed by atoms with Crippen LogP contribution in [-0.2, 0) is 0 Å². The molecule has 4 heteroatoms. The third-order valence-corrected chi connectivity index (χ3v) is 3.64. The Bertz CT molecular complexity index is 486. The van der Waals surface area contributed by atoms with E-state index in [1.165, 1.54) is 17.4 Å². The SMILES string of the molecule is Brc1[nH]nc2cccc(C3CCNC3)c12. The van der Waals surface area contributed by atoms with Crippen LogP contribution in [-0.4, -0.2) is 23.3 Å². The van der Waals surface area contributed by atoms with Gasteiger partial charge >= 0.3 is 0 Å². The molecule has 1 aliphatic rings. The Morgan fingerprint density at radius 2 is 2.33 bits per heavy atom. The van der Waals surface area contributed by atoms with Crippen molar-refractivity contribution >= 4 is 26.8 Å². The molecule has 1 fully saturated rings. The normalized spacial score (nSPS) is 21.3.